The average molecular weight is 299 g/mol. The molecule has 0 bridgehead atoms. The van der Waals surface area contributed by atoms with Crippen LogP contribution in [0.1, 0.15) is 63.4 Å². The maximum Gasteiger partial charge on any atom is 0.233 e. The van der Waals surface area contributed by atoms with Crippen LogP contribution in [0.15, 0.2) is 34.7 Å². The summed E-state index contributed by atoms with van der Waals surface area (Å²) in [5, 5.41) is 8.60. The number of hydrogen-bond acceptors (Lipinski definition) is 4. The zero-order valence-electron chi connectivity index (χ0n) is 13.7. The smallest absolute Gasteiger partial charge is 0.233 e. The molecule has 0 amide bonds. The summed E-state index contributed by atoms with van der Waals surface area (Å²) in [4.78, 5) is 2.50. The highest BCUT2D eigenvalue weighted by Crippen LogP contribution is 2.35. The van der Waals surface area contributed by atoms with Crippen molar-refractivity contribution in [2.24, 2.45) is 0 Å². The largest absolute Gasteiger partial charge is 0.423 e. The van der Waals surface area contributed by atoms with E-state index >= 15 is 0 Å². The van der Waals surface area contributed by atoms with Gasteiger partial charge in [-0.3, -0.25) is 4.90 Å². The minimum absolute atomic E-state index is 0.124. The standard InChI is InChI=1S/C18H25N3O/c1-18(2,3)21-12-8-7-11-15(21)17-20-19-16(22-17)13-14-9-5-4-6-10-14/h4-6,9-10,15H,7-8,11-13H2,1-3H3. The van der Waals surface area contributed by atoms with Crippen molar-refractivity contribution in [1.82, 2.24) is 15.1 Å². The highest BCUT2D eigenvalue weighted by molar-refractivity contribution is 5.17. The monoisotopic (exact) mass is 299 g/mol. The molecule has 0 N–H and O–H groups in total. The Bertz CT molecular complexity index is 600. The Kier molecular flexibility index (Phi) is 4.30. The van der Waals surface area contributed by atoms with Crippen molar-refractivity contribution < 1.29 is 4.42 Å². The Morgan fingerprint density at radius 3 is 2.64 bits per heavy atom. The van der Waals surface area contributed by atoms with E-state index in [1.165, 1.54) is 18.4 Å². The van der Waals surface area contributed by atoms with Crippen LogP contribution in [0.5, 0.6) is 0 Å². The van der Waals surface area contributed by atoms with Crippen LogP contribution in [0.3, 0.4) is 0 Å². The molecule has 3 rings (SSSR count). The molecule has 4 heteroatoms. The van der Waals surface area contributed by atoms with Crippen LogP contribution in [0.4, 0.5) is 0 Å². The first-order chi connectivity index (χ1) is 10.5. The van der Waals surface area contributed by atoms with Gasteiger partial charge in [0.1, 0.15) is 0 Å². The molecule has 1 unspecified atom stereocenters. The van der Waals surface area contributed by atoms with Crippen molar-refractivity contribution in [3.63, 3.8) is 0 Å². The molecule has 0 saturated carbocycles. The molecule has 0 radical (unpaired) electrons. The fourth-order valence-electron chi connectivity index (χ4n) is 3.23. The minimum Gasteiger partial charge on any atom is -0.423 e. The molecule has 4 nitrogen and oxygen atoms in total. The van der Waals surface area contributed by atoms with E-state index in [1.54, 1.807) is 0 Å². The molecule has 0 aliphatic carbocycles. The Labute approximate surface area is 132 Å². The first kappa shape index (κ1) is 15.2. The van der Waals surface area contributed by atoms with Gasteiger partial charge in [0.2, 0.25) is 11.8 Å². The normalized spacial score (nSPS) is 20.2. The van der Waals surface area contributed by atoms with E-state index in [1.807, 2.05) is 18.2 Å². The van der Waals surface area contributed by atoms with Gasteiger partial charge in [-0.15, -0.1) is 10.2 Å². The predicted molar refractivity (Wildman–Crippen MR) is 86.6 cm³/mol. The molecule has 2 aromatic rings. The molecule has 1 aliphatic rings. The second kappa shape index (κ2) is 6.21. The van der Waals surface area contributed by atoms with E-state index in [2.05, 4.69) is 48.0 Å². The van der Waals surface area contributed by atoms with Gasteiger partial charge in [0, 0.05) is 5.54 Å². The molecule has 1 fully saturated rings. The lowest BCUT2D eigenvalue weighted by Gasteiger charge is -2.43. The summed E-state index contributed by atoms with van der Waals surface area (Å²) in [6, 6.07) is 10.5. The fourth-order valence-corrected chi connectivity index (χ4v) is 3.23. The van der Waals surface area contributed by atoms with Crippen LogP contribution >= 0.6 is 0 Å². The molecule has 1 aliphatic heterocycles. The van der Waals surface area contributed by atoms with E-state index in [0.717, 1.165) is 18.9 Å². The summed E-state index contributed by atoms with van der Waals surface area (Å²) >= 11 is 0. The summed E-state index contributed by atoms with van der Waals surface area (Å²) in [5.41, 5.74) is 1.33. The Balaban J connectivity index is 1.77. The van der Waals surface area contributed by atoms with Gasteiger partial charge >= 0.3 is 0 Å². The average Bonchev–Trinajstić information content (AvgIpc) is 2.96. The van der Waals surface area contributed by atoms with Crippen LogP contribution in [0, 0.1) is 0 Å². The number of benzene rings is 1. The predicted octanol–water partition coefficient (Wildman–Crippen LogP) is 3.99. The van der Waals surface area contributed by atoms with E-state index in [4.69, 9.17) is 4.42 Å². The highest BCUT2D eigenvalue weighted by atomic mass is 16.4. The summed E-state index contributed by atoms with van der Waals surface area (Å²) in [5.74, 6) is 1.49. The lowest BCUT2D eigenvalue weighted by Crippen LogP contribution is -2.46. The Morgan fingerprint density at radius 2 is 1.91 bits per heavy atom. The van der Waals surface area contributed by atoms with Crippen molar-refractivity contribution in [3.8, 4) is 0 Å². The van der Waals surface area contributed by atoms with Crippen molar-refractivity contribution in [1.29, 1.82) is 0 Å². The number of rotatable bonds is 3. The van der Waals surface area contributed by atoms with Gasteiger partial charge < -0.3 is 4.42 Å². The van der Waals surface area contributed by atoms with E-state index < -0.39 is 0 Å². The summed E-state index contributed by atoms with van der Waals surface area (Å²) in [6.45, 7) is 7.87. The molecule has 1 aromatic heterocycles. The van der Waals surface area contributed by atoms with Gasteiger partial charge in [0.25, 0.3) is 0 Å². The summed E-state index contributed by atoms with van der Waals surface area (Å²) in [7, 11) is 0. The lowest BCUT2D eigenvalue weighted by atomic mass is 9.94. The Morgan fingerprint density at radius 1 is 1.14 bits per heavy atom. The molecule has 1 aromatic carbocycles. The Hall–Kier alpha value is -1.68. The van der Waals surface area contributed by atoms with Crippen molar-refractivity contribution in [2.75, 3.05) is 6.54 Å². The third-order valence-corrected chi connectivity index (χ3v) is 4.33. The molecule has 2 heterocycles. The number of hydrogen-bond donors (Lipinski definition) is 0. The second-order valence-corrected chi connectivity index (χ2v) is 7.07. The molecule has 0 spiro atoms. The maximum atomic E-state index is 5.99. The molecular weight excluding hydrogens is 274 g/mol. The van der Waals surface area contributed by atoms with Crippen LogP contribution in [-0.4, -0.2) is 27.2 Å². The summed E-state index contributed by atoms with van der Waals surface area (Å²) in [6.07, 6.45) is 4.28. The number of likely N-dealkylation sites (tertiary alicyclic amines) is 1. The molecule has 1 saturated heterocycles. The number of nitrogens with zero attached hydrogens (tertiary/aromatic N) is 3. The molecule has 118 valence electrons. The second-order valence-electron chi connectivity index (χ2n) is 7.07. The zero-order valence-corrected chi connectivity index (χ0v) is 13.7. The first-order valence-corrected chi connectivity index (χ1v) is 8.17. The van der Waals surface area contributed by atoms with Crippen LogP contribution in [0.2, 0.25) is 0 Å². The highest BCUT2D eigenvalue weighted by Gasteiger charge is 2.35. The lowest BCUT2D eigenvalue weighted by molar-refractivity contribution is 0.0364. The molecule has 22 heavy (non-hydrogen) atoms. The van der Waals surface area contributed by atoms with Crippen molar-refractivity contribution >= 4 is 0 Å². The third kappa shape index (κ3) is 3.38. The number of aromatic nitrogens is 2. The first-order valence-electron chi connectivity index (χ1n) is 8.17. The van der Waals surface area contributed by atoms with Gasteiger partial charge in [-0.2, -0.15) is 0 Å². The summed E-state index contributed by atoms with van der Waals surface area (Å²) < 4.78 is 5.99. The van der Waals surface area contributed by atoms with Gasteiger partial charge in [-0.25, -0.2) is 0 Å². The SMILES string of the molecule is CC(C)(C)N1CCCCC1c1nnc(Cc2ccccc2)o1. The fraction of sp³-hybridized carbons (Fsp3) is 0.556. The third-order valence-electron chi connectivity index (χ3n) is 4.33. The molecular formula is C18H25N3O. The van der Waals surface area contributed by atoms with E-state index in [0.29, 0.717) is 12.3 Å². The van der Waals surface area contributed by atoms with Gasteiger partial charge in [0.15, 0.2) is 0 Å². The molecule has 1 atom stereocenters. The van der Waals surface area contributed by atoms with Crippen molar-refractivity contribution in [2.45, 2.75) is 58.0 Å². The van der Waals surface area contributed by atoms with Crippen LogP contribution in [0.25, 0.3) is 0 Å². The minimum atomic E-state index is 0.124. The zero-order chi connectivity index (χ0) is 15.6. The van der Waals surface area contributed by atoms with E-state index in [-0.39, 0.29) is 11.6 Å². The van der Waals surface area contributed by atoms with Gasteiger partial charge in [-0.1, -0.05) is 36.8 Å². The van der Waals surface area contributed by atoms with Crippen molar-refractivity contribution in [3.05, 3.63) is 47.7 Å². The van der Waals surface area contributed by atoms with Crippen LogP contribution in [-0.2, 0) is 6.42 Å². The quantitative estimate of drug-likeness (QED) is 0.859. The van der Waals surface area contributed by atoms with Gasteiger partial charge in [-0.05, 0) is 45.7 Å². The number of piperidine rings is 1. The topological polar surface area (TPSA) is 42.2 Å². The van der Waals surface area contributed by atoms with Crippen LogP contribution < -0.4 is 0 Å². The van der Waals surface area contributed by atoms with Gasteiger partial charge in [0.05, 0.1) is 12.5 Å². The maximum absolute atomic E-state index is 5.99. The van der Waals surface area contributed by atoms with E-state index in [9.17, 15) is 0 Å².